The van der Waals surface area contributed by atoms with Crippen molar-refractivity contribution in [2.24, 2.45) is 0 Å². The number of alkyl halides is 1. The summed E-state index contributed by atoms with van der Waals surface area (Å²) >= 11 is 4.60. The van der Waals surface area contributed by atoms with Gasteiger partial charge >= 0.3 is 0 Å². The smallest absolute Gasteiger partial charge is 0.257 e. The third kappa shape index (κ3) is 3.80. The van der Waals surface area contributed by atoms with Crippen LogP contribution in [0.25, 0.3) is 10.2 Å². The molecule has 0 spiro atoms. The minimum absolute atomic E-state index is 0.196. The summed E-state index contributed by atoms with van der Waals surface area (Å²) in [6.07, 6.45) is 0. The minimum Gasteiger partial charge on any atom is -0.298 e. The van der Waals surface area contributed by atoms with E-state index >= 15 is 0 Å². The van der Waals surface area contributed by atoms with Crippen molar-refractivity contribution < 1.29 is 13.2 Å². The van der Waals surface area contributed by atoms with Gasteiger partial charge in [-0.15, -0.1) is 0 Å². The first-order valence-corrected chi connectivity index (χ1v) is 11.0. The number of anilines is 1. The standard InChI is InChI=1S/C17H16BrN3O3S2/c1-21(2)26(23,24)13-7-8-14-15(9-13)25-17(19-14)20-16(22)12-5-3-11(10-18)4-6-12/h3-9H,10H2,1-2H3,(H,19,20,22). The first-order valence-electron chi connectivity index (χ1n) is 7.60. The van der Waals surface area contributed by atoms with Crippen molar-refractivity contribution in [3.63, 3.8) is 0 Å². The van der Waals surface area contributed by atoms with Gasteiger partial charge in [0.05, 0.1) is 15.1 Å². The number of fused-ring (bicyclic) bond motifs is 1. The molecule has 0 bridgehead atoms. The number of rotatable bonds is 5. The van der Waals surface area contributed by atoms with Gasteiger partial charge in [0.1, 0.15) is 0 Å². The molecule has 0 atom stereocenters. The summed E-state index contributed by atoms with van der Waals surface area (Å²) in [6, 6.07) is 12.0. The van der Waals surface area contributed by atoms with Crippen LogP contribution < -0.4 is 5.32 Å². The van der Waals surface area contributed by atoms with Crippen molar-refractivity contribution in [3.8, 4) is 0 Å². The molecule has 6 nitrogen and oxygen atoms in total. The highest BCUT2D eigenvalue weighted by Gasteiger charge is 2.18. The van der Waals surface area contributed by atoms with Gasteiger partial charge in [0.15, 0.2) is 5.13 Å². The fourth-order valence-corrected chi connectivity index (χ4v) is 4.52. The Bertz CT molecular complexity index is 1060. The third-order valence-corrected chi connectivity index (χ3v) is 7.12. The Morgan fingerprint density at radius 3 is 2.50 bits per heavy atom. The summed E-state index contributed by atoms with van der Waals surface area (Å²) in [4.78, 5) is 16.9. The van der Waals surface area contributed by atoms with Crippen LogP contribution in [0.5, 0.6) is 0 Å². The molecule has 26 heavy (non-hydrogen) atoms. The molecule has 0 aliphatic heterocycles. The van der Waals surface area contributed by atoms with Crippen LogP contribution in [0.1, 0.15) is 15.9 Å². The predicted octanol–water partition coefficient (Wildman–Crippen LogP) is 3.69. The molecule has 1 amide bonds. The Hall–Kier alpha value is -1.81. The number of halogens is 1. The molecule has 0 fully saturated rings. The number of carbonyl (C=O) groups is 1. The molecule has 1 heterocycles. The van der Waals surface area contributed by atoms with Crippen LogP contribution in [0.3, 0.4) is 0 Å². The van der Waals surface area contributed by atoms with E-state index in [9.17, 15) is 13.2 Å². The molecule has 0 unspecified atom stereocenters. The van der Waals surface area contributed by atoms with E-state index in [0.717, 1.165) is 15.2 Å². The fourth-order valence-electron chi connectivity index (χ4n) is 2.24. The van der Waals surface area contributed by atoms with Gasteiger partial charge < -0.3 is 0 Å². The maximum absolute atomic E-state index is 12.3. The molecule has 136 valence electrons. The zero-order valence-corrected chi connectivity index (χ0v) is 17.3. The molecule has 3 aromatic rings. The van der Waals surface area contributed by atoms with Gasteiger partial charge in [-0.05, 0) is 35.9 Å². The van der Waals surface area contributed by atoms with Gasteiger partial charge in [-0.3, -0.25) is 10.1 Å². The second-order valence-corrected chi connectivity index (χ2v) is 9.46. The van der Waals surface area contributed by atoms with E-state index in [1.165, 1.54) is 31.5 Å². The van der Waals surface area contributed by atoms with Crippen LogP contribution in [0.4, 0.5) is 5.13 Å². The molecule has 0 saturated carbocycles. The number of nitrogens with zero attached hydrogens (tertiary/aromatic N) is 2. The largest absolute Gasteiger partial charge is 0.298 e. The molecule has 0 saturated heterocycles. The van der Waals surface area contributed by atoms with Crippen molar-refractivity contribution in [3.05, 3.63) is 53.6 Å². The van der Waals surface area contributed by atoms with Crippen LogP contribution in [0.2, 0.25) is 0 Å². The summed E-state index contributed by atoms with van der Waals surface area (Å²) in [6.45, 7) is 0. The van der Waals surface area contributed by atoms with Crippen molar-refractivity contribution in [2.75, 3.05) is 19.4 Å². The zero-order chi connectivity index (χ0) is 18.9. The Balaban J connectivity index is 1.86. The normalized spacial score (nSPS) is 11.8. The van der Waals surface area contributed by atoms with Crippen LogP contribution in [-0.2, 0) is 15.4 Å². The van der Waals surface area contributed by atoms with E-state index in [4.69, 9.17) is 0 Å². The van der Waals surface area contributed by atoms with Crippen LogP contribution in [0.15, 0.2) is 47.4 Å². The third-order valence-electron chi connectivity index (χ3n) is 3.73. The Labute approximate surface area is 164 Å². The lowest BCUT2D eigenvalue weighted by molar-refractivity contribution is 0.102. The Morgan fingerprint density at radius 1 is 1.19 bits per heavy atom. The predicted molar refractivity (Wildman–Crippen MR) is 108 cm³/mol. The number of aromatic nitrogens is 1. The average molecular weight is 454 g/mol. The summed E-state index contributed by atoms with van der Waals surface area (Å²) in [5, 5.41) is 3.92. The highest BCUT2D eigenvalue weighted by molar-refractivity contribution is 9.08. The zero-order valence-electron chi connectivity index (χ0n) is 14.1. The quantitative estimate of drug-likeness (QED) is 0.597. The van der Waals surface area contributed by atoms with E-state index in [-0.39, 0.29) is 10.8 Å². The number of thiazole rings is 1. The lowest BCUT2D eigenvalue weighted by atomic mass is 10.1. The summed E-state index contributed by atoms with van der Waals surface area (Å²) in [5.74, 6) is -0.258. The van der Waals surface area contributed by atoms with Gasteiger partial charge in [-0.25, -0.2) is 17.7 Å². The highest BCUT2D eigenvalue weighted by Crippen LogP contribution is 2.29. The molecule has 0 radical (unpaired) electrons. The monoisotopic (exact) mass is 453 g/mol. The number of hydrogen-bond acceptors (Lipinski definition) is 5. The maximum Gasteiger partial charge on any atom is 0.257 e. The van der Waals surface area contributed by atoms with Crippen LogP contribution in [-0.4, -0.2) is 37.7 Å². The van der Waals surface area contributed by atoms with Crippen LogP contribution >= 0.6 is 27.3 Å². The summed E-state index contributed by atoms with van der Waals surface area (Å²) < 4.78 is 26.3. The lowest BCUT2D eigenvalue weighted by Crippen LogP contribution is -2.22. The van der Waals surface area contributed by atoms with Crippen molar-refractivity contribution in [1.29, 1.82) is 0 Å². The molecule has 0 aliphatic carbocycles. The molecule has 0 aliphatic rings. The van der Waals surface area contributed by atoms with Crippen molar-refractivity contribution >= 4 is 58.5 Å². The number of sulfonamides is 1. The van der Waals surface area contributed by atoms with Crippen LogP contribution in [0, 0.1) is 0 Å². The van der Waals surface area contributed by atoms with Gasteiger partial charge in [0, 0.05) is 25.0 Å². The number of hydrogen-bond donors (Lipinski definition) is 1. The SMILES string of the molecule is CN(C)S(=O)(=O)c1ccc2nc(NC(=O)c3ccc(CBr)cc3)sc2c1. The molecule has 9 heteroatoms. The van der Waals surface area contributed by atoms with E-state index in [1.54, 1.807) is 24.3 Å². The topological polar surface area (TPSA) is 79.4 Å². The van der Waals surface area contributed by atoms with Gasteiger partial charge in [-0.1, -0.05) is 39.4 Å². The van der Waals surface area contributed by atoms with E-state index in [1.807, 2.05) is 12.1 Å². The summed E-state index contributed by atoms with van der Waals surface area (Å²) in [5.41, 5.74) is 2.25. The number of benzene rings is 2. The Morgan fingerprint density at radius 2 is 1.88 bits per heavy atom. The minimum atomic E-state index is -3.51. The molecular weight excluding hydrogens is 438 g/mol. The molecular formula is C17H16BrN3O3S2. The maximum atomic E-state index is 12.3. The van der Waals surface area contributed by atoms with E-state index in [2.05, 4.69) is 26.2 Å². The van der Waals surface area contributed by atoms with Crippen molar-refractivity contribution in [1.82, 2.24) is 9.29 Å². The average Bonchev–Trinajstić information content (AvgIpc) is 3.02. The first-order chi connectivity index (χ1) is 12.3. The second-order valence-electron chi connectivity index (χ2n) is 5.72. The fraction of sp³-hybridized carbons (Fsp3) is 0.176. The highest BCUT2D eigenvalue weighted by atomic mass is 79.9. The van der Waals surface area contributed by atoms with E-state index < -0.39 is 10.0 Å². The number of amides is 1. The van der Waals surface area contributed by atoms with Gasteiger partial charge in [0.25, 0.3) is 5.91 Å². The van der Waals surface area contributed by atoms with E-state index in [0.29, 0.717) is 20.9 Å². The Kier molecular flexibility index (Phi) is 5.42. The molecule has 1 N–H and O–H groups in total. The summed E-state index contributed by atoms with van der Waals surface area (Å²) in [7, 11) is -0.541. The van der Waals surface area contributed by atoms with Gasteiger partial charge in [-0.2, -0.15) is 0 Å². The van der Waals surface area contributed by atoms with Gasteiger partial charge in [0.2, 0.25) is 10.0 Å². The molecule has 3 rings (SSSR count). The lowest BCUT2D eigenvalue weighted by Gasteiger charge is -2.10. The number of carbonyl (C=O) groups excluding carboxylic acids is 1. The molecule has 2 aromatic carbocycles. The number of nitrogens with one attached hydrogen (secondary N) is 1. The first kappa shape index (κ1) is 19.0. The molecule has 1 aromatic heterocycles. The second kappa shape index (κ2) is 7.43. The van der Waals surface area contributed by atoms with Crippen molar-refractivity contribution in [2.45, 2.75) is 10.2 Å².